The number of halogens is 1. The van der Waals surface area contributed by atoms with E-state index in [-0.39, 0.29) is 0 Å². The fraction of sp³-hybridized carbons (Fsp3) is 0.400. The summed E-state index contributed by atoms with van der Waals surface area (Å²) in [6.45, 7) is 1.87. The summed E-state index contributed by atoms with van der Waals surface area (Å²) in [5.41, 5.74) is 9.88. The fourth-order valence-corrected chi connectivity index (χ4v) is 3.12. The standard InChI is InChI=1S/C15H16ClNO/c1-8-5-9-6-13-10(12(9)7-14(8)16)3-2-4-11(13)15(17)18/h5,7,11H,2-4,6H2,1H3,(H2,17,18)/i7D,11D. The monoisotopic (exact) mass is 263 g/mol. The van der Waals surface area contributed by atoms with Gasteiger partial charge in [0.25, 0.3) is 0 Å². The Labute approximate surface area is 115 Å². The van der Waals surface area contributed by atoms with Crippen LogP contribution in [0.4, 0.5) is 0 Å². The number of fused-ring (bicyclic) bond motifs is 2. The molecule has 0 spiro atoms. The Kier molecular flexibility index (Phi) is 2.21. The largest absolute Gasteiger partial charge is 0.369 e. The third-order valence-corrected chi connectivity index (χ3v) is 4.23. The molecule has 0 heterocycles. The van der Waals surface area contributed by atoms with Crippen molar-refractivity contribution in [1.82, 2.24) is 0 Å². The molecule has 1 aromatic carbocycles. The van der Waals surface area contributed by atoms with Gasteiger partial charge in [-0.25, -0.2) is 0 Å². The molecule has 18 heavy (non-hydrogen) atoms. The normalized spacial score (nSPS) is 27.4. The van der Waals surface area contributed by atoms with E-state index in [0.717, 1.165) is 40.7 Å². The lowest BCUT2D eigenvalue weighted by molar-refractivity contribution is -0.121. The number of hydrogen-bond acceptors (Lipinski definition) is 1. The summed E-state index contributed by atoms with van der Waals surface area (Å²) in [6, 6.07) is 2.29. The van der Waals surface area contributed by atoms with Crippen LogP contribution >= 0.6 is 11.6 Å². The second kappa shape index (κ2) is 4.13. The van der Waals surface area contributed by atoms with Gasteiger partial charge in [0, 0.05) is 6.39 Å². The van der Waals surface area contributed by atoms with Crippen LogP contribution in [0.1, 0.15) is 38.7 Å². The minimum Gasteiger partial charge on any atom is -0.369 e. The third kappa shape index (κ3) is 1.67. The van der Waals surface area contributed by atoms with Crippen LogP contribution < -0.4 is 5.73 Å². The molecule has 94 valence electrons. The lowest BCUT2D eigenvalue weighted by Gasteiger charge is -2.22. The molecule has 1 unspecified atom stereocenters. The van der Waals surface area contributed by atoms with E-state index >= 15 is 0 Å². The summed E-state index contributed by atoms with van der Waals surface area (Å²) in [5, 5.41) is 0.456. The molecule has 2 aliphatic rings. The molecule has 0 radical (unpaired) electrons. The van der Waals surface area contributed by atoms with Crippen molar-refractivity contribution in [3.05, 3.63) is 39.4 Å². The number of carbonyl (C=O) groups is 1. The summed E-state index contributed by atoms with van der Waals surface area (Å²) < 4.78 is 16.7. The maximum Gasteiger partial charge on any atom is 0.224 e. The molecule has 1 atom stereocenters. The summed E-state index contributed by atoms with van der Waals surface area (Å²) in [5.74, 6) is -1.91. The van der Waals surface area contributed by atoms with Crippen molar-refractivity contribution >= 4 is 23.1 Å². The highest BCUT2D eigenvalue weighted by Crippen LogP contribution is 2.45. The van der Waals surface area contributed by atoms with Gasteiger partial charge in [-0.1, -0.05) is 17.7 Å². The summed E-state index contributed by atoms with van der Waals surface area (Å²) in [4.78, 5) is 11.7. The van der Waals surface area contributed by atoms with Crippen LogP contribution in [0.3, 0.4) is 0 Å². The molecular weight excluding hydrogens is 246 g/mol. The van der Waals surface area contributed by atoms with E-state index in [1.54, 1.807) is 0 Å². The number of amides is 1. The lowest BCUT2D eigenvalue weighted by Crippen LogP contribution is -2.27. The van der Waals surface area contributed by atoms with E-state index in [1.807, 2.05) is 13.0 Å². The molecule has 0 saturated carbocycles. The Bertz CT molecular complexity index is 668. The second-order valence-electron chi connectivity index (χ2n) is 5.00. The van der Waals surface area contributed by atoms with E-state index in [2.05, 4.69) is 0 Å². The number of rotatable bonds is 1. The molecule has 0 bridgehead atoms. The van der Waals surface area contributed by atoms with Gasteiger partial charge in [0.2, 0.25) is 5.91 Å². The van der Waals surface area contributed by atoms with Crippen LogP contribution in [0.5, 0.6) is 0 Å². The van der Waals surface area contributed by atoms with Crippen molar-refractivity contribution in [3.63, 3.8) is 0 Å². The van der Waals surface area contributed by atoms with Crippen molar-refractivity contribution in [3.8, 4) is 0 Å². The smallest absolute Gasteiger partial charge is 0.224 e. The van der Waals surface area contributed by atoms with E-state index in [4.69, 9.17) is 20.1 Å². The Hall–Kier alpha value is -1.28. The van der Waals surface area contributed by atoms with Crippen LogP contribution in [-0.2, 0) is 11.2 Å². The Morgan fingerprint density at radius 1 is 1.67 bits per heavy atom. The van der Waals surface area contributed by atoms with Crippen LogP contribution in [0.25, 0.3) is 5.57 Å². The van der Waals surface area contributed by atoms with Gasteiger partial charge in [-0.2, -0.15) is 0 Å². The molecule has 3 heteroatoms. The quantitative estimate of drug-likeness (QED) is 0.830. The highest BCUT2D eigenvalue weighted by molar-refractivity contribution is 6.31. The van der Waals surface area contributed by atoms with Crippen LogP contribution in [-0.4, -0.2) is 5.91 Å². The summed E-state index contributed by atoms with van der Waals surface area (Å²) in [6.07, 6.45) is 2.55. The Morgan fingerprint density at radius 2 is 2.44 bits per heavy atom. The first-order valence-electron chi connectivity index (χ1n) is 7.17. The summed E-state index contributed by atoms with van der Waals surface area (Å²) >= 11 is 6.18. The highest BCUT2D eigenvalue weighted by atomic mass is 35.5. The SMILES string of the molecule is [2H]c1c(Cl)c(C)cc2c1C1=C(C2)C([2H])(C(N)=O)CCC1. The zero-order valence-electron chi connectivity index (χ0n) is 12.3. The van der Waals surface area contributed by atoms with Gasteiger partial charge in [-0.3, -0.25) is 4.79 Å². The minimum atomic E-state index is -1.32. The van der Waals surface area contributed by atoms with E-state index < -0.39 is 11.8 Å². The molecule has 2 aliphatic carbocycles. The van der Waals surface area contributed by atoms with Gasteiger partial charge < -0.3 is 5.73 Å². The maximum atomic E-state index is 11.7. The molecule has 0 aromatic heterocycles. The topological polar surface area (TPSA) is 43.1 Å². The van der Waals surface area contributed by atoms with Crippen molar-refractivity contribution in [1.29, 1.82) is 0 Å². The van der Waals surface area contributed by atoms with Crippen molar-refractivity contribution in [2.24, 2.45) is 11.6 Å². The number of benzene rings is 1. The third-order valence-electron chi connectivity index (χ3n) is 3.84. The molecule has 0 fully saturated rings. The zero-order chi connectivity index (χ0) is 14.7. The number of hydrogen-bond donors (Lipinski definition) is 1. The van der Waals surface area contributed by atoms with Crippen LogP contribution in [0.15, 0.2) is 17.7 Å². The minimum absolute atomic E-state index is 0.320. The van der Waals surface area contributed by atoms with Gasteiger partial charge in [0.05, 0.1) is 7.26 Å². The van der Waals surface area contributed by atoms with Gasteiger partial charge in [0.1, 0.15) is 0 Å². The Balaban J connectivity index is 2.23. The number of nitrogens with two attached hydrogens (primary N) is 1. The highest BCUT2D eigenvalue weighted by Gasteiger charge is 2.33. The molecule has 0 aliphatic heterocycles. The molecule has 2 N–H and O–H groups in total. The van der Waals surface area contributed by atoms with Gasteiger partial charge in [-0.05, 0) is 66.5 Å². The van der Waals surface area contributed by atoms with Gasteiger partial charge in [-0.15, -0.1) is 0 Å². The van der Waals surface area contributed by atoms with E-state index in [1.165, 1.54) is 0 Å². The predicted molar refractivity (Wildman–Crippen MR) is 73.3 cm³/mol. The number of primary amides is 1. The zero-order valence-corrected chi connectivity index (χ0v) is 11.0. The van der Waals surface area contributed by atoms with Gasteiger partial charge in [0.15, 0.2) is 0 Å². The summed E-state index contributed by atoms with van der Waals surface area (Å²) in [7, 11) is 0. The molecule has 2 nitrogen and oxygen atoms in total. The lowest BCUT2D eigenvalue weighted by atomic mass is 9.82. The first kappa shape index (κ1) is 9.62. The van der Waals surface area contributed by atoms with Crippen molar-refractivity contribution in [2.75, 3.05) is 0 Å². The van der Waals surface area contributed by atoms with Crippen LogP contribution in [0, 0.1) is 12.8 Å². The first-order chi connectivity index (χ1) is 9.36. The van der Waals surface area contributed by atoms with Crippen LogP contribution in [0.2, 0.25) is 5.02 Å². The average Bonchev–Trinajstić information content (AvgIpc) is 2.76. The number of carbonyl (C=O) groups excluding carboxylic acids is 1. The van der Waals surface area contributed by atoms with Crippen molar-refractivity contribution < 1.29 is 7.54 Å². The first-order valence-corrected chi connectivity index (χ1v) is 6.55. The molecule has 3 rings (SSSR count). The molecule has 1 amide bonds. The van der Waals surface area contributed by atoms with Gasteiger partial charge >= 0.3 is 0 Å². The molecule has 0 saturated heterocycles. The Morgan fingerprint density at radius 3 is 3.17 bits per heavy atom. The maximum absolute atomic E-state index is 11.7. The second-order valence-corrected chi connectivity index (χ2v) is 5.37. The average molecular weight is 264 g/mol. The molecular formula is C15H16ClNO. The van der Waals surface area contributed by atoms with Crippen molar-refractivity contribution in [2.45, 2.75) is 32.6 Å². The molecule has 1 aromatic rings. The van der Waals surface area contributed by atoms with E-state index in [9.17, 15) is 4.79 Å². The number of aryl methyl sites for hydroxylation is 1. The predicted octanol–water partition coefficient (Wildman–Crippen LogP) is 3.24. The fourth-order valence-electron chi connectivity index (χ4n) is 2.97. The number of allylic oxidation sites excluding steroid dienone is 1. The van der Waals surface area contributed by atoms with E-state index in [0.29, 0.717) is 23.9 Å².